The first-order valence-electron chi connectivity index (χ1n) is 6.12. The Hall–Kier alpha value is -1.83. The minimum absolute atomic E-state index is 0.113. The second-order valence-electron chi connectivity index (χ2n) is 5.07. The van der Waals surface area contributed by atoms with E-state index in [4.69, 9.17) is 0 Å². The first kappa shape index (κ1) is 12.6. The Bertz CT molecular complexity index is 639. The minimum Gasteiger partial charge on any atom is -0.507 e. The van der Waals surface area contributed by atoms with Crippen LogP contribution in [0.4, 0.5) is 0 Å². The van der Waals surface area contributed by atoms with Gasteiger partial charge in [0.1, 0.15) is 11.5 Å². The monoisotopic (exact) mass is 242 g/mol. The summed E-state index contributed by atoms with van der Waals surface area (Å²) < 4.78 is 0. The molecule has 2 aromatic carbocycles. The van der Waals surface area contributed by atoms with Gasteiger partial charge in [0.25, 0.3) is 0 Å². The third-order valence-electron chi connectivity index (χ3n) is 3.38. The third kappa shape index (κ3) is 2.10. The molecule has 0 aliphatic rings. The van der Waals surface area contributed by atoms with Gasteiger partial charge in [0.15, 0.2) is 0 Å². The lowest BCUT2D eigenvalue weighted by Crippen LogP contribution is -2.00. The van der Waals surface area contributed by atoms with Crippen LogP contribution >= 0.6 is 0 Å². The summed E-state index contributed by atoms with van der Waals surface area (Å²) in [5.41, 5.74) is 3.99. The molecule has 18 heavy (non-hydrogen) atoms. The number of aromatic hydroxyl groups is 1. The van der Waals surface area contributed by atoms with Gasteiger partial charge in [0.05, 0.1) is 0 Å². The lowest BCUT2D eigenvalue weighted by atomic mass is 9.94. The van der Waals surface area contributed by atoms with Crippen LogP contribution in [0.5, 0.6) is 5.75 Å². The number of aryl methyl sites for hydroxylation is 2. The molecule has 0 fully saturated rings. The van der Waals surface area contributed by atoms with Gasteiger partial charge in [-0.05, 0) is 61.9 Å². The summed E-state index contributed by atoms with van der Waals surface area (Å²) >= 11 is 0. The predicted octanol–water partition coefficient (Wildman–Crippen LogP) is 3.60. The highest BCUT2D eigenvalue weighted by Gasteiger charge is 2.12. The van der Waals surface area contributed by atoms with Crippen LogP contribution in [0.2, 0.25) is 0 Å². The van der Waals surface area contributed by atoms with E-state index in [2.05, 4.69) is 6.07 Å². The topological polar surface area (TPSA) is 37.3 Å². The Morgan fingerprint density at radius 2 is 1.78 bits per heavy atom. The number of carbonyl (C=O) groups is 1. The number of Topliss-reactive ketones (excluding diaryl/α,β-unsaturated/α-hetero) is 1. The normalized spacial score (nSPS) is 10.9. The van der Waals surface area contributed by atoms with Crippen molar-refractivity contribution in [3.05, 3.63) is 40.5 Å². The molecule has 94 valence electrons. The maximum atomic E-state index is 11.3. The van der Waals surface area contributed by atoms with Crippen LogP contribution in [0.15, 0.2) is 18.2 Å². The lowest BCUT2D eigenvalue weighted by molar-refractivity contribution is -0.116. The van der Waals surface area contributed by atoms with E-state index in [1.165, 1.54) is 0 Å². The van der Waals surface area contributed by atoms with Crippen LogP contribution in [0.25, 0.3) is 10.8 Å². The second kappa shape index (κ2) is 4.45. The lowest BCUT2D eigenvalue weighted by Gasteiger charge is -2.13. The number of phenols is 1. The molecule has 0 aliphatic heterocycles. The molecule has 0 amide bonds. The molecule has 0 unspecified atom stereocenters. The Balaban J connectivity index is 2.79. The van der Waals surface area contributed by atoms with Crippen molar-refractivity contribution < 1.29 is 9.90 Å². The second-order valence-corrected chi connectivity index (χ2v) is 5.07. The largest absolute Gasteiger partial charge is 0.507 e. The first-order valence-corrected chi connectivity index (χ1v) is 6.12. The molecule has 0 saturated carbocycles. The van der Waals surface area contributed by atoms with Crippen LogP contribution in [0.1, 0.15) is 29.2 Å². The van der Waals surface area contributed by atoms with Crippen molar-refractivity contribution in [3.8, 4) is 5.75 Å². The van der Waals surface area contributed by atoms with Crippen molar-refractivity contribution in [1.29, 1.82) is 0 Å². The molecule has 0 aromatic heterocycles. The van der Waals surface area contributed by atoms with E-state index in [-0.39, 0.29) is 5.78 Å². The highest BCUT2D eigenvalue weighted by Crippen LogP contribution is 2.34. The predicted molar refractivity (Wildman–Crippen MR) is 74.2 cm³/mol. The van der Waals surface area contributed by atoms with Gasteiger partial charge in [-0.1, -0.05) is 11.6 Å². The van der Waals surface area contributed by atoms with Gasteiger partial charge in [-0.3, -0.25) is 4.79 Å². The summed E-state index contributed by atoms with van der Waals surface area (Å²) in [5.74, 6) is 0.414. The number of hydrogen-bond donors (Lipinski definition) is 1. The van der Waals surface area contributed by atoms with Gasteiger partial charge < -0.3 is 5.11 Å². The zero-order valence-electron chi connectivity index (χ0n) is 11.3. The van der Waals surface area contributed by atoms with Crippen LogP contribution in [-0.2, 0) is 11.2 Å². The highest BCUT2D eigenvalue weighted by atomic mass is 16.3. The molecule has 0 saturated heterocycles. The summed E-state index contributed by atoms with van der Waals surface area (Å²) in [6.45, 7) is 7.49. The van der Waals surface area contributed by atoms with Crippen molar-refractivity contribution in [2.24, 2.45) is 0 Å². The molecule has 2 rings (SSSR count). The summed E-state index contributed by atoms with van der Waals surface area (Å²) in [6.07, 6.45) is 0.378. The van der Waals surface area contributed by atoms with Crippen LogP contribution in [0, 0.1) is 20.8 Å². The minimum atomic E-state index is 0.113. The van der Waals surface area contributed by atoms with Gasteiger partial charge in [-0.25, -0.2) is 0 Å². The fraction of sp³-hybridized carbons (Fsp3) is 0.312. The number of benzene rings is 2. The molecule has 0 radical (unpaired) electrons. The number of ketones is 1. The molecule has 0 aliphatic carbocycles. The molecule has 0 atom stereocenters. The fourth-order valence-corrected chi connectivity index (χ4v) is 2.45. The number of fused-ring (bicyclic) bond motifs is 1. The van der Waals surface area contributed by atoms with E-state index < -0.39 is 0 Å². The summed E-state index contributed by atoms with van der Waals surface area (Å²) in [7, 11) is 0. The van der Waals surface area contributed by atoms with E-state index in [1.54, 1.807) is 6.92 Å². The summed E-state index contributed by atoms with van der Waals surface area (Å²) in [6, 6.07) is 6.11. The molecule has 0 heterocycles. The SMILES string of the molecule is CC(=O)Cc1cc2c(C)cc(C)cc2c(O)c1C. The Morgan fingerprint density at radius 1 is 1.11 bits per heavy atom. The average Bonchev–Trinajstić information content (AvgIpc) is 2.26. The summed E-state index contributed by atoms with van der Waals surface area (Å²) in [4.78, 5) is 11.3. The van der Waals surface area contributed by atoms with E-state index in [0.29, 0.717) is 12.2 Å². The zero-order valence-corrected chi connectivity index (χ0v) is 11.3. The molecule has 2 aromatic rings. The van der Waals surface area contributed by atoms with Gasteiger partial charge in [-0.2, -0.15) is 0 Å². The molecule has 2 nitrogen and oxygen atoms in total. The van der Waals surface area contributed by atoms with E-state index >= 15 is 0 Å². The number of carbonyl (C=O) groups excluding carboxylic acids is 1. The molecule has 1 N–H and O–H groups in total. The van der Waals surface area contributed by atoms with E-state index in [1.807, 2.05) is 32.9 Å². The Morgan fingerprint density at radius 3 is 2.39 bits per heavy atom. The molecule has 2 heteroatoms. The van der Waals surface area contributed by atoms with Crippen LogP contribution < -0.4 is 0 Å². The number of phenolic OH excluding ortho intramolecular Hbond substituents is 1. The first-order chi connectivity index (χ1) is 8.40. The van der Waals surface area contributed by atoms with Gasteiger partial charge in [0.2, 0.25) is 0 Å². The van der Waals surface area contributed by atoms with Crippen molar-refractivity contribution in [1.82, 2.24) is 0 Å². The van der Waals surface area contributed by atoms with Crippen molar-refractivity contribution in [3.63, 3.8) is 0 Å². The maximum absolute atomic E-state index is 11.3. The van der Waals surface area contributed by atoms with Gasteiger partial charge >= 0.3 is 0 Å². The van der Waals surface area contributed by atoms with Gasteiger partial charge in [0, 0.05) is 11.8 Å². The molecular formula is C16H18O2. The van der Waals surface area contributed by atoms with E-state index in [9.17, 15) is 9.90 Å². The molecule has 0 bridgehead atoms. The molecular weight excluding hydrogens is 224 g/mol. The fourth-order valence-electron chi connectivity index (χ4n) is 2.45. The van der Waals surface area contributed by atoms with E-state index in [0.717, 1.165) is 33.0 Å². The standard InChI is InChI=1S/C16H18O2/c1-9-5-10(2)14-8-13(7-11(3)17)12(4)16(18)15(14)6-9/h5-6,8,18H,7H2,1-4H3. The summed E-state index contributed by atoms with van der Waals surface area (Å²) in [5, 5.41) is 12.2. The van der Waals surface area contributed by atoms with Crippen molar-refractivity contribution in [2.75, 3.05) is 0 Å². The zero-order chi connectivity index (χ0) is 13.4. The third-order valence-corrected chi connectivity index (χ3v) is 3.38. The number of hydrogen-bond acceptors (Lipinski definition) is 2. The maximum Gasteiger partial charge on any atom is 0.134 e. The van der Waals surface area contributed by atoms with Crippen molar-refractivity contribution >= 4 is 16.6 Å². The highest BCUT2D eigenvalue weighted by molar-refractivity contribution is 5.94. The van der Waals surface area contributed by atoms with Crippen LogP contribution in [0.3, 0.4) is 0 Å². The number of rotatable bonds is 2. The molecule has 0 spiro atoms. The Labute approximate surface area is 107 Å². The van der Waals surface area contributed by atoms with Crippen molar-refractivity contribution in [2.45, 2.75) is 34.1 Å². The average molecular weight is 242 g/mol. The van der Waals surface area contributed by atoms with Gasteiger partial charge in [-0.15, -0.1) is 0 Å². The Kier molecular flexibility index (Phi) is 3.12. The quantitative estimate of drug-likeness (QED) is 0.873. The van der Waals surface area contributed by atoms with Crippen LogP contribution in [-0.4, -0.2) is 10.9 Å². The smallest absolute Gasteiger partial charge is 0.134 e.